The van der Waals surface area contributed by atoms with E-state index in [0.717, 1.165) is 74.0 Å². The number of rotatable bonds is 7. The molecule has 9 heteroatoms. The predicted molar refractivity (Wildman–Crippen MR) is 150 cm³/mol. The van der Waals surface area contributed by atoms with Crippen LogP contribution in [0, 0.1) is 11.3 Å². The molecule has 37 heavy (non-hydrogen) atoms. The van der Waals surface area contributed by atoms with E-state index >= 15 is 0 Å². The SMILES string of the molecule is CNC(=S)NC(=O)c1cc2cc(N3CCN(CCCCc4c[nH]c5ccc(C#N)cc45)CC3)ccc2o1. The fraction of sp³-hybridized carbons (Fsp3) is 0.321. The molecule has 2 aromatic heterocycles. The maximum absolute atomic E-state index is 12.3. The zero-order valence-corrected chi connectivity index (χ0v) is 21.7. The van der Waals surface area contributed by atoms with Crippen LogP contribution in [-0.4, -0.2) is 60.7 Å². The highest BCUT2D eigenvalue weighted by Gasteiger charge is 2.19. The maximum Gasteiger partial charge on any atom is 0.293 e. The van der Waals surface area contributed by atoms with Crippen LogP contribution >= 0.6 is 12.2 Å². The van der Waals surface area contributed by atoms with Gasteiger partial charge < -0.3 is 19.6 Å². The summed E-state index contributed by atoms with van der Waals surface area (Å²) in [6.07, 6.45) is 5.36. The number of carbonyl (C=O) groups is 1. The number of nitrogens with one attached hydrogen (secondary N) is 3. The van der Waals surface area contributed by atoms with Gasteiger partial charge in [-0.05, 0) is 86.1 Å². The number of fused-ring (bicyclic) bond motifs is 2. The van der Waals surface area contributed by atoms with Crippen molar-refractivity contribution in [2.45, 2.75) is 19.3 Å². The molecule has 0 atom stereocenters. The molecule has 1 aliphatic heterocycles. The number of thiocarbonyl (C=S) groups is 1. The van der Waals surface area contributed by atoms with Gasteiger partial charge in [0.15, 0.2) is 10.9 Å². The van der Waals surface area contributed by atoms with Crippen molar-refractivity contribution in [3.63, 3.8) is 0 Å². The standard InChI is InChI=1S/C28H30N6O2S/c1-30-28(37)32-27(35)26-16-21-15-22(6-8-25(21)36-26)34-12-10-33(11-13-34)9-3-2-4-20-18-31-24-7-5-19(17-29)14-23(20)24/h5-8,14-16,18,31H,2-4,9-13H2,1H3,(H2,30,32,35,37). The van der Waals surface area contributed by atoms with Gasteiger partial charge >= 0.3 is 0 Å². The number of aromatic amines is 1. The van der Waals surface area contributed by atoms with E-state index < -0.39 is 0 Å². The second-order valence-electron chi connectivity index (χ2n) is 9.34. The molecule has 1 amide bonds. The Morgan fingerprint density at radius 2 is 1.97 bits per heavy atom. The lowest BCUT2D eigenvalue weighted by molar-refractivity contribution is 0.0952. The van der Waals surface area contributed by atoms with Crippen LogP contribution in [0.3, 0.4) is 0 Å². The van der Waals surface area contributed by atoms with Crippen LogP contribution in [0.2, 0.25) is 0 Å². The molecule has 0 bridgehead atoms. The van der Waals surface area contributed by atoms with Crippen molar-refractivity contribution < 1.29 is 9.21 Å². The van der Waals surface area contributed by atoms with Crippen LogP contribution in [0.1, 0.15) is 34.5 Å². The highest BCUT2D eigenvalue weighted by molar-refractivity contribution is 7.80. The first-order valence-electron chi connectivity index (χ1n) is 12.6. The fourth-order valence-electron chi connectivity index (χ4n) is 4.90. The van der Waals surface area contributed by atoms with Crippen LogP contribution in [0.15, 0.2) is 53.1 Å². The van der Waals surface area contributed by atoms with Gasteiger partial charge in [-0.3, -0.25) is 15.0 Å². The zero-order chi connectivity index (χ0) is 25.8. The van der Waals surface area contributed by atoms with Crippen molar-refractivity contribution in [3.8, 4) is 6.07 Å². The highest BCUT2D eigenvalue weighted by Crippen LogP contribution is 2.26. The molecule has 0 unspecified atom stereocenters. The fourth-order valence-corrected chi connectivity index (χ4v) is 4.99. The number of hydrogen-bond acceptors (Lipinski definition) is 6. The summed E-state index contributed by atoms with van der Waals surface area (Å²) in [6.45, 7) is 5.07. The second kappa shape index (κ2) is 11.0. The van der Waals surface area contributed by atoms with Gasteiger partial charge in [-0.2, -0.15) is 5.26 Å². The van der Waals surface area contributed by atoms with Crippen LogP contribution in [0.5, 0.6) is 0 Å². The topological polar surface area (TPSA) is 100 Å². The molecular weight excluding hydrogens is 484 g/mol. The van der Waals surface area contributed by atoms with E-state index in [4.69, 9.17) is 16.6 Å². The van der Waals surface area contributed by atoms with E-state index in [2.05, 4.69) is 49.8 Å². The monoisotopic (exact) mass is 514 g/mol. The highest BCUT2D eigenvalue weighted by atomic mass is 32.1. The summed E-state index contributed by atoms with van der Waals surface area (Å²) in [7, 11) is 1.66. The van der Waals surface area contributed by atoms with E-state index in [1.54, 1.807) is 13.1 Å². The van der Waals surface area contributed by atoms with Crippen LogP contribution in [-0.2, 0) is 6.42 Å². The van der Waals surface area contributed by atoms with Crippen LogP contribution in [0.4, 0.5) is 5.69 Å². The minimum absolute atomic E-state index is 0.243. The molecule has 8 nitrogen and oxygen atoms in total. The Morgan fingerprint density at radius 1 is 1.14 bits per heavy atom. The van der Waals surface area contributed by atoms with Gasteiger partial charge in [0.2, 0.25) is 0 Å². The Kier molecular flexibility index (Phi) is 7.40. The van der Waals surface area contributed by atoms with E-state index in [0.29, 0.717) is 11.1 Å². The number of aromatic nitrogens is 1. The molecule has 0 aliphatic carbocycles. The van der Waals surface area contributed by atoms with E-state index in [1.807, 2.05) is 24.3 Å². The maximum atomic E-state index is 12.3. The molecule has 1 fully saturated rings. The first kappa shape index (κ1) is 24.8. The number of unbranched alkanes of at least 4 members (excludes halogenated alkanes) is 1. The minimum atomic E-state index is -0.359. The average Bonchev–Trinajstić information content (AvgIpc) is 3.54. The third kappa shape index (κ3) is 5.61. The van der Waals surface area contributed by atoms with Crippen LogP contribution in [0.25, 0.3) is 21.9 Å². The predicted octanol–water partition coefficient (Wildman–Crippen LogP) is 4.16. The Hall–Kier alpha value is -3.87. The van der Waals surface area contributed by atoms with E-state index in [1.165, 1.54) is 5.56 Å². The molecule has 5 rings (SSSR count). The number of hydrogen-bond donors (Lipinski definition) is 3. The smallest absolute Gasteiger partial charge is 0.293 e. The molecule has 3 heterocycles. The van der Waals surface area contributed by atoms with E-state index in [-0.39, 0.29) is 16.8 Å². The number of H-pyrrole nitrogens is 1. The summed E-state index contributed by atoms with van der Waals surface area (Å²) in [6, 6.07) is 15.9. The minimum Gasteiger partial charge on any atom is -0.451 e. The number of benzene rings is 2. The summed E-state index contributed by atoms with van der Waals surface area (Å²) in [5, 5.41) is 16.8. The third-order valence-corrected chi connectivity index (χ3v) is 7.29. The number of nitriles is 1. The first-order chi connectivity index (χ1) is 18.0. The lowest BCUT2D eigenvalue weighted by Gasteiger charge is -2.36. The van der Waals surface area contributed by atoms with Gasteiger partial charge in [-0.15, -0.1) is 0 Å². The number of piperazine rings is 1. The van der Waals surface area contributed by atoms with Crippen LogP contribution < -0.4 is 15.5 Å². The molecule has 3 N–H and O–H groups in total. The Bertz CT molecular complexity index is 1480. The average molecular weight is 515 g/mol. The molecule has 2 aromatic carbocycles. The number of amides is 1. The first-order valence-corrected chi connectivity index (χ1v) is 13.0. The summed E-state index contributed by atoms with van der Waals surface area (Å²) in [4.78, 5) is 20.5. The number of anilines is 1. The number of nitrogens with zero attached hydrogens (tertiary/aromatic N) is 3. The van der Waals surface area contributed by atoms with Crippen molar-refractivity contribution in [1.29, 1.82) is 5.26 Å². The normalized spacial score (nSPS) is 14.1. The van der Waals surface area contributed by atoms with Gasteiger partial charge in [0, 0.05) is 61.4 Å². The summed E-state index contributed by atoms with van der Waals surface area (Å²) in [5.41, 5.74) is 4.91. The number of carbonyl (C=O) groups excluding carboxylic acids is 1. The molecule has 0 spiro atoms. The largest absolute Gasteiger partial charge is 0.451 e. The van der Waals surface area contributed by atoms with Gasteiger partial charge in [-0.1, -0.05) is 0 Å². The molecular formula is C28H30N6O2S. The Morgan fingerprint density at radius 3 is 2.76 bits per heavy atom. The molecule has 4 aromatic rings. The van der Waals surface area contributed by atoms with Crippen molar-refractivity contribution in [3.05, 3.63) is 65.5 Å². The van der Waals surface area contributed by atoms with Gasteiger partial charge in [0.25, 0.3) is 5.91 Å². The third-order valence-electron chi connectivity index (χ3n) is 6.98. The second-order valence-corrected chi connectivity index (χ2v) is 9.75. The van der Waals surface area contributed by atoms with Crippen molar-refractivity contribution in [1.82, 2.24) is 20.5 Å². The summed E-state index contributed by atoms with van der Waals surface area (Å²) in [5.74, 6) is -0.116. The number of aryl methyl sites for hydroxylation is 1. The van der Waals surface area contributed by atoms with Gasteiger partial charge in [0.05, 0.1) is 11.6 Å². The Labute approximate surface area is 221 Å². The summed E-state index contributed by atoms with van der Waals surface area (Å²) < 4.78 is 5.71. The molecule has 1 aliphatic rings. The summed E-state index contributed by atoms with van der Waals surface area (Å²) >= 11 is 5.00. The zero-order valence-electron chi connectivity index (χ0n) is 20.8. The quantitative estimate of drug-likeness (QED) is 0.251. The number of furan rings is 1. The van der Waals surface area contributed by atoms with Gasteiger partial charge in [-0.25, -0.2) is 0 Å². The molecule has 1 saturated heterocycles. The van der Waals surface area contributed by atoms with Gasteiger partial charge in [0.1, 0.15) is 5.58 Å². The van der Waals surface area contributed by atoms with Crippen molar-refractivity contribution in [2.75, 3.05) is 44.7 Å². The van der Waals surface area contributed by atoms with Crippen molar-refractivity contribution >= 4 is 50.8 Å². The lowest BCUT2D eigenvalue weighted by Crippen LogP contribution is -2.46. The van der Waals surface area contributed by atoms with Crippen molar-refractivity contribution in [2.24, 2.45) is 0 Å². The molecule has 0 radical (unpaired) electrons. The molecule has 190 valence electrons. The molecule has 0 saturated carbocycles. The Balaban J connectivity index is 1.10. The lowest BCUT2D eigenvalue weighted by atomic mass is 10.1. The van der Waals surface area contributed by atoms with E-state index in [9.17, 15) is 10.1 Å².